The Morgan fingerprint density at radius 1 is 1.09 bits per heavy atom. The van der Waals surface area contributed by atoms with Crippen LogP contribution in [0.4, 0.5) is 13.2 Å². The molecule has 0 saturated carbocycles. The number of aromatic nitrogens is 2. The molecular weight excluding hydrogens is 313 g/mol. The van der Waals surface area contributed by atoms with Crippen molar-refractivity contribution >= 4 is 11.0 Å². The van der Waals surface area contributed by atoms with E-state index in [2.05, 4.69) is 14.7 Å². The molecule has 2 aromatic carbocycles. The fourth-order valence-electron chi connectivity index (χ4n) is 2.22. The number of hydrogen-bond acceptors (Lipinski definition) is 4. The van der Waals surface area contributed by atoms with Crippen LogP contribution < -0.4 is 4.74 Å². The largest absolute Gasteiger partial charge is 0.573 e. The van der Waals surface area contributed by atoms with Gasteiger partial charge in [0.15, 0.2) is 11.5 Å². The molecule has 0 amide bonds. The van der Waals surface area contributed by atoms with Gasteiger partial charge in [0.1, 0.15) is 12.4 Å². The molecule has 0 saturated heterocycles. The maximum Gasteiger partial charge on any atom is 0.573 e. The molecule has 3 aromatic rings. The Kier molecular flexibility index (Phi) is 3.61. The molecule has 5 nitrogen and oxygen atoms in total. The van der Waals surface area contributed by atoms with Crippen LogP contribution in [0.1, 0.15) is 5.82 Å². The first-order valence-electron chi connectivity index (χ1n) is 6.54. The van der Waals surface area contributed by atoms with Crippen molar-refractivity contribution in [2.24, 2.45) is 0 Å². The number of fused-ring (bicyclic) bond motifs is 1. The lowest BCUT2D eigenvalue weighted by Crippen LogP contribution is -2.17. The molecule has 8 heteroatoms. The fraction of sp³-hybridized carbons (Fsp3) is 0.133. The van der Waals surface area contributed by atoms with Crippen molar-refractivity contribution in [2.45, 2.75) is 13.0 Å². The summed E-state index contributed by atoms with van der Waals surface area (Å²) in [6.07, 6.45) is -4.89. The highest BCUT2D eigenvalue weighted by molar-refractivity contribution is 5.82. The third-order valence-electron chi connectivity index (χ3n) is 3.20. The molecule has 0 bridgehead atoms. The number of aliphatic hydroxyl groups excluding tert-OH is 1. The van der Waals surface area contributed by atoms with Crippen molar-refractivity contribution in [1.29, 1.82) is 0 Å². The zero-order valence-electron chi connectivity index (χ0n) is 11.6. The number of hydrogen-bond donors (Lipinski definition) is 3. The number of benzene rings is 2. The zero-order chi connectivity index (χ0) is 16.6. The van der Waals surface area contributed by atoms with Gasteiger partial charge < -0.3 is 19.9 Å². The number of aromatic hydroxyl groups is 1. The average molecular weight is 324 g/mol. The van der Waals surface area contributed by atoms with Gasteiger partial charge in [-0.15, -0.1) is 13.2 Å². The minimum absolute atomic E-state index is 0.243. The topological polar surface area (TPSA) is 78.4 Å². The predicted molar refractivity (Wildman–Crippen MR) is 75.8 cm³/mol. The number of ether oxygens (including phenoxy) is 1. The van der Waals surface area contributed by atoms with Crippen LogP contribution in [-0.2, 0) is 6.61 Å². The highest BCUT2D eigenvalue weighted by Crippen LogP contribution is 2.35. The standard InChI is InChI=1S/C15H11F3N2O3/c16-15(17,18)23-13-6-9(2-4-12(13)22)8-1-3-10-11(5-8)20-14(7-21)19-10/h1-6,21-22H,7H2,(H,19,20). The summed E-state index contributed by atoms with van der Waals surface area (Å²) < 4.78 is 40.8. The molecule has 0 radical (unpaired) electrons. The van der Waals surface area contributed by atoms with E-state index >= 15 is 0 Å². The Labute approximate surface area is 128 Å². The summed E-state index contributed by atoms with van der Waals surface area (Å²) >= 11 is 0. The lowest BCUT2D eigenvalue weighted by atomic mass is 10.0. The minimum atomic E-state index is -4.89. The SMILES string of the molecule is OCc1nc2ccc(-c3ccc(O)c(OC(F)(F)F)c3)cc2[nH]1. The number of nitrogens with zero attached hydrogens (tertiary/aromatic N) is 1. The first-order chi connectivity index (χ1) is 10.9. The van der Waals surface area contributed by atoms with E-state index in [1.165, 1.54) is 6.07 Å². The smallest absolute Gasteiger partial charge is 0.504 e. The van der Waals surface area contributed by atoms with Crippen molar-refractivity contribution in [2.75, 3.05) is 0 Å². The van der Waals surface area contributed by atoms with Crippen LogP contribution in [0.2, 0.25) is 0 Å². The first-order valence-corrected chi connectivity index (χ1v) is 6.54. The van der Waals surface area contributed by atoms with Crippen LogP contribution in [0, 0.1) is 0 Å². The normalized spacial score (nSPS) is 11.8. The number of nitrogens with one attached hydrogen (secondary N) is 1. The molecule has 0 unspecified atom stereocenters. The maximum atomic E-state index is 12.3. The summed E-state index contributed by atoms with van der Waals surface area (Å²) in [6, 6.07) is 8.75. The molecule has 0 aliphatic heterocycles. The van der Waals surface area contributed by atoms with Crippen molar-refractivity contribution in [3.8, 4) is 22.6 Å². The van der Waals surface area contributed by atoms with E-state index in [0.717, 1.165) is 12.1 Å². The number of imidazole rings is 1. The van der Waals surface area contributed by atoms with E-state index < -0.39 is 17.9 Å². The Morgan fingerprint density at radius 3 is 2.48 bits per heavy atom. The second-order valence-corrected chi connectivity index (χ2v) is 4.80. The number of phenols is 1. The molecule has 0 atom stereocenters. The van der Waals surface area contributed by atoms with Crippen LogP contribution in [0.3, 0.4) is 0 Å². The summed E-state index contributed by atoms with van der Waals surface area (Å²) in [6.45, 7) is -0.243. The third-order valence-corrected chi connectivity index (χ3v) is 3.20. The van der Waals surface area contributed by atoms with Crippen LogP contribution in [-0.4, -0.2) is 26.5 Å². The Balaban J connectivity index is 2.02. The van der Waals surface area contributed by atoms with Gasteiger partial charge in [-0.1, -0.05) is 12.1 Å². The number of aromatic amines is 1. The highest BCUT2D eigenvalue weighted by atomic mass is 19.4. The third kappa shape index (κ3) is 3.21. The van der Waals surface area contributed by atoms with Crippen LogP contribution >= 0.6 is 0 Å². The van der Waals surface area contributed by atoms with Gasteiger partial charge in [-0.25, -0.2) is 4.98 Å². The molecule has 3 N–H and O–H groups in total. The van der Waals surface area contributed by atoms with Crippen molar-refractivity contribution < 1.29 is 28.1 Å². The Hall–Kier alpha value is -2.74. The van der Waals surface area contributed by atoms with E-state index in [1.54, 1.807) is 18.2 Å². The van der Waals surface area contributed by atoms with Gasteiger partial charge in [-0.3, -0.25) is 0 Å². The molecule has 120 valence electrons. The maximum absolute atomic E-state index is 12.3. The Morgan fingerprint density at radius 2 is 1.78 bits per heavy atom. The van der Waals surface area contributed by atoms with E-state index in [-0.39, 0.29) is 6.61 Å². The quantitative estimate of drug-likeness (QED) is 0.690. The number of H-pyrrole nitrogens is 1. The van der Waals surface area contributed by atoms with Crippen LogP contribution in [0.25, 0.3) is 22.2 Å². The van der Waals surface area contributed by atoms with Gasteiger partial charge in [0.2, 0.25) is 0 Å². The Bertz CT molecular complexity index is 859. The van der Waals surface area contributed by atoms with E-state index in [0.29, 0.717) is 28.0 Å². The number of alkyl halides is 3. The minimum Gasteiger partial charge on any atom is -0.504 e. The lowest BCUT2D eigenvalue weighted by molar-refractivity contribution is -0.275. The summed E-state index contributed by atoms with van der Waals surface area (Å²) in [4.78, 5) is 7.03. The second kappa shape index (κ2) is 5.47. The second-order valence-electron chi connectivity index (χ2n) is 4.80. The number of aliphatic hydroxyl groups is 1. The average Bonchev–Trinajstić information content (AvgIpc) is 2.90. The molecule has 3 rings (SSSR count). The monoisotopic (exact) mass is 324 g/mol. The molecule has 0 aliphatic rings. The van der Waals surface area contributed by atoms with E-state index in [4.69, 9.17) is 5.11 Å². The van der Waals surface area contributed by atoms with Gasteiger partial charge in [-0.2, -0.15) is 0 Å². The lowest BCUT2D eigenvalue weighted by Gasteiger charge is -2.12. The summed E-state index contributed by atoms with van der Waals surface area (Å²) in [5.41, 5.74) is 2.31. The van der Waals surface area contributed by atoms with Gasteiger partial charge in [-0.05, 0) is 35.4 Å². The molecule has 23 heavy (non-hydrogen) atoms. The first kappa shape index (κ1) is 15.2. The van der Waals surface area contributed by atoms with E-state index in [1.807, 2.05) is 0 Å². The van der Waals surface area contributed by atoms with Gasteiger partial charge in [0.25, 0.3) is 0 Å². The molecule has 1 aromatic heterocycles. The van der Waals surface area contributed by atoms with Gasteiger partial charge >= 0.3 is 6.36 Å². The molecule has 0 fully saturated rings. The number of phenolic OH excluding ortho intramolecular Hbond substituents is 1. The summed E-state index contributed by atoms with van der Waals surface area (Å²) in [5.74, 6) is -0.879. The summed E-state index contributed by atoms with van der Waals surface area (Å²) in [7, 11) is 0. The molecular formula is C15H11F3N2O3. The number of halogens is 3. The van der Waals surface area contributed by atoms with Crippen LogP contribution in [0.15, 0.2) is 36.4 Å². The van der Waals surface area contributed by atoms with Gasteiger partial charge in [0, 0.05) is 0 Å². The van der Waals surface area contributed by atoms with Crippen molar-refractivity contribution in [3.05, 3.63) is 42.2 Å². The van der Waals surface area contributed by atoms with Crippen molar-refractivity contribution in [3.63, 3.8) is 0 Å². The van der Waals surface area contributed by atoms with Gasteiger partial charge in [0.05, 0.1) is 11.0 Å². The summed E-state index contributed by atoms with van der Waals surface area (Å²) in [5, 5.41) is 18.5. The zero-order valence-corrected chi connectivity index (χ0v) is 11.6. The number of rotatable bonds is 3. The highest BCUT2D eigenvalue weighted by Gasteiger charge is 2.32. The molecule has 1 heterocycles. The van der Waals surface area contributed by atoms with Crippen molar-refractivity contribution in [1.82, 2.24) is 9.97 Å². The van der Waals surface area contributed by atoms with E-state index in [9.17, 15) is 18.3 Å². The molecule has 0 aliphatic carbocycles. The van der Waals surface area contributed by atoms with Crippen LogP contribution in [0.5, 0.6) is 11.5 Å². The molecule has 0 spiro atoms. The fourth-order valence-corrected chi connectivity index (χ4v) is 2.22. The predicted octanol–water partition coefficient (Wildman–Crippen LogP) is 3.33.